The van der Waals surface area contributed by atoms with Crippen LogP contribution in [0.2, 0.25) is 18.1 Å². The second kappa shape index (κ2) is 7.97. The zero-order chi connectivity index (χ0) is 16.0. The van der Waals surface area contributed by atoms with Crippen molar-refractivity contribution in [1.29, 1.82) is 0 Å². The molecule has 1 unspecified atom stereocenters. The maximum absolute atomic E-state index is 10.8. The van der Waals surface area contributed by atoms with Crippen molar-refractivity contribution < 1.29 is 24.2 Å². The van der Waals surface area contributed by atoms with Crippen molar-refractivity contribution >= 4 is 14.4 Å². The summed E-state index contributed by atoms with van der Waals surface area (Å²) in [5, 5.41) is 20.0. The molecule has 3 N–H and O–H groups in total. The van der Waals surface area contributed by atoms with Crippen molar-refractivity contribution in [3.05, 3.63) is 0 Å². The summed E-state index contributed by atoms with van der Waals surface area (Å²) < 4.78 is 11.7. The minimum Gasteiger partial charge on any atom is -0.465 e. The molecule has 2 atom stereocenters. The molecule has 0 spiro atoms. The maximum Gasteiger partial charge on any atom is 0.405 e. The van der Waals surface area contributed by atoms with Crippen LogP contribution in [0.4, 0.5) is 4.79 Å². The first kappa shape index (κ1) is 19.4. The molecule has 0 saturated carbocycles. The van der Waals surface area contributed by atoms with Crippen LogP contribution in [0.5, 0.6) is 0 Å². The van der Waals surface area contributed by atoms with Crippen molar-refractivity contribution in [3.8, 4) is 0 Å². The number of rotatable bonds is 8. The zero-order valence-corrected chi connectivity index (χ0v) is 14.4. The molecule has 120 valence electrons. The van der Waals surface area contributed by atoms with Crippen LogP contribution >= 0.6 is 0 Å². The van der Waals surface area contributed by atoms with E-state index in [0.717, 1.165) is 0 Å². The largest absolute Gasteiger partial charge is 0.465 e. The normalized spacial score (nSPS) is 15.8. The quantitative estimate of drug-likeness (QED) is 0.364. The minimum absolute atomic E-state index is 0.00846. The summed E-state index contributed by atoms with van der Waals surface area (Å²) in [6.45, 7) is 12.6. The van der Waals surface area contributed by atoms with Gasteiger partial charge in [0.15, 0.2) is 14.6 Å². The van der Waals surface area contributed by atoms with Gasteiger partial charge in [0.25, 0.3) is 0 Å². The van der Waals surface area contributed by atoms with Gasteiger partial charge in [-0.2, -0.15) is 0 Å². The first-order valence-corrected chi connectivity index (χ1v) is 9.82. The third-order valence-corrected chi connectivity index (χ3v) is 7.99. The lowest BCUT2D eigenvalue weighted by molar-refractivity contribution is -0.107. The first-order chi connectivity index (χ1) is 9.01. The Morgan fingerprint density at radius 1 is 1.35 bits per heavy atom. The van der Waals surface area contributed by atoms with Gasteiger partial charge in [0.1, 0.15) is 0 Å². The van der Waals surface area contributed by atoms with Crippen molar-refractivity contribution in [2.24, 2.45) is 0 Å². The van der Waals surface area contributed by atoms with Crippen LogP contribution in [0.1, 0.15) is 34.1 Å². The second-order valence-electron chi connectivity index (χ2n) is 6.43. The first-order valence-electron chi connectivity index (χ1n) is 6.91. The molecule has 0 saturated heterocycles. The van der Waals surface area contributed by atoms with E-state index in [2.05, 4.69) is 39.2 Å². The highest BCUT2D eigenvalue weighted by Crippen LogP contribution is 2.37. The van der Waals surface area contributed by atoms with E-state index < -0.39 is 26.7 Å². The Morgan fingerprint density at radius 3 is 2.30 bits per heavy atom. The van der Waals surface area contributed by atoms with Crippen LogP contribution in [0.3, 0.4) is 0 Å². The molecule has 0 rings (SSSR count). The average molecular weight is 307 g/mol. The molecule has 0 bridgehead atoms. The maximum atomic E-state index is 10.8. The van der Waals surface area contributed by atoms with E-state index in [0.29, 0.717) is 13.0 Å². The van der Waals surface area contributed by atoms with Gasteiger partial charge in [0.05, 0.1) is 12.6 Å². The third-order valence-electron chi connectivity index (χ3n) is 3.56. The number of aliphatic hydroxyl groups excluding tert-OH is 1. The number of amides is 1. The molecule has 0 aromatic heterocycles. The zero-order valence-electron chi connectivity index (χ0n) is 13.4. The molecule has 0 heterocycles. The van der Waals surface area contributed by atoms with Gasteiger partial charge < -0.3 is 24.7 Å². The minimum atomic E-state index is -2.06. The van der Waals surface area contributed by atoms with Gasteiger partial charge >= 0.3 is 6.09 Å². The Hall–Kier alpha value is -0.633. The highest BCUT2D eigenvalue weighted by molar-refractivity contribution is 6.74. The average Bonchev–Trinajstić information content (AvgIpc) is 2.25. The Morgan fingerprint density at radius 2 is 1.90 bits per heavy atom. The van der Waals surface area contributed by atoms with Crippen LogP contribution in [-0.4, -0.2) is 50.2 Å². The highest BCUT2D eigenvalue weighted by atomic mass is 28.4. The van der Waals surface area contributed by atoms with Gasteiger partial charge in [-0.15, -0.1) is 0 Å². The van der Waals surface area contributed by atoms with Crippen molar-refractivity contribution in [2.75, 3.05) is 13.2 Å². The van der Waals surface area contributed by atoms with E-state index in [1.54, 1.807) is 6.92 Å². The van der Waals surface area contributed by atoms with Crippen LogP contribution in [-0.2, 0) is 9.16 Å². The summed E-state index contributed by atoms with van der Waals surface area (Å²) in [7, 11) is -2.06. The number of carbonyl (C=O) groups is 1. The molecule has 0 aliphatic rings. The Bertz CT molecular complexity index is 304. The third kappa shape index (κ3) is 6.69. The van der Waals surface area contributed by atoms with Gasteiger partial charge in [-0.25, -0.2) is 4.79 Å². The monoisotopic (exact) mass is 307 g/mol. The van der Waals surface area contributed by atoms with Crippen molar-refractivity contribution in [3.63, 3.8) is 0 Å². The summed E-state index contributed by atoms with van der Waals surface area (Å²) in [5.41, 5.74) is 0. The summed E-state index contributed by atoms with van der Waals surface area (Å²) in [6.07, 6.45) is -1.25. The number of ether oxygens (including phenoxy) is 1. The fraction of sp³-hybridized carbons (Fsp3) is 0.923. The Balaban J connectivity index is 4.79. The summed E-state index contributed by atoms with van der Waals surface area (Å²) in [5.74, 6) is 0. The van der Waals surface area contributed by atoms with E-state index >= 15 is 0 Å². The molecule has 6 nitrogen and oxygen atoms in total. The van der Waals surface area contributed by atoms with Gasteiger partial charge in [-0.3, -0.25) is 0 Å². The van der Waals surface area contributed by atoms with E-state index in [1.807, 2.05) is 0 Å². The smallest absolute Gasteiger partial charge is 0.405 e. The molecule has 0 radical (unpaired) electrons. The van der Waals surface area contributed by atoms with Crippen LogP contribution < -0.4 is 5.32 Å². The fourth-order valence-corrected chi connectivity index (χ4v) is 2.48. The molecule has 0 aliphatic carbocycles. The highest BCUT2D eigenvalue weighted by Gasteiger charge is 2.40. The standard InChI is InChI=1S/C13H29NO5Si/c1-10(14-12(16)17)11(18-9-7-8-15)19-20(5,6)13(2,3)4/h10-11,14-15H,7-9H2,1-6H3,(H,16,17)/t10?,11-/m0/s1. The van der Waals surface area contributed by atoms with E-state index in [1.165, 1.54) is 0 Å². The van der Waals surface area contributed by atoms with E-state index in [4.69, 9.17) is 19.4 Å². The van der Waals surface area contributed by atoms with Crippen LogP contribution in [0.15, 0.2) is 0 Å². The summed E-state index contributed by atoms with van der Waals surface area (Å²) >= 11 is 0. The van der Waals surface area contributed by atoms with Crippen LogP contribution in [0.25, 0.3) is 0 Å². The van der Waals surface area contributed by atoms with Crippen LogP contribution in [0, 0.1) is 0 Å². The number of hydrogen-bond acceptors (Lipinski definition) is 4. The van der Waals surface area contributed by atoms with Crippen molar-refractivity contribution in [2.45, 2.75) is 64.6 Å². The number of aliphatic hydroxyl groups is 1. The topological polar surface area (TPSA) is 88.0 Å². The van der Waals surface area contributed by atoms with Gasteiger partial charge in [-0.05, 0) is 31.5 Å². The molecular formula is C13H29NO5Si. The molecule has 7 heteroatoms. The molecule has 0 aromatic carbocycles. The van der Waals surface area contributed by atoms with Gasteiger partial charge in [-0.1, -0.05) is 20.8 Å². The molecular weight excluding hydrogens is 278 g/mol. The van der Waals surface area contributed by atoms with Gasteiger partial charge in [0, 0.05) is 6.61 Å². The summed E-state index contributed by atoms with van der Waals surface area (Å²) in [6, 6.07) is -0.472. The molecule has 0 aromatic rings. The predicted octanol–water partition coefficient (Wildman–Crippen LogP) is 2.39. The SMILES string of the molecule is CC(NC(=O)O)[C@@H](OCCCO)O[Si](C)(C)C(C)(C)C. The number of carboxylic acid groups (broad SMARTS) is 1. The van der Waals surface area contributed by atoms with Crippen molar-refractivity contribution in [1.82, 2.24) is 5.32 Å². The number of nitrogens with one attached hydrogen (secondary N) is 1. The second-order valence-corrected chi connectivity index (χ2v) is 11.2. The molecule has 20 heavy (non-hydrogen) atoms. The lowest BCUT2D eigenvalue weighted by atomic mass is 10.2. The lowest BCUT2D eigenvalue weighted by Crippen LogP contribution is -2.51. The fourth-order valence-electron chi connectivity index (χ4n) is 1.27. The molecule has 0 aliphatic heterocycles. The number of hydrogen-bond donors (Lipinski definition) is 3. The van der Waals surface area contributed by atoms with E-state index in [9.17, 15) is 4.79 Å². The lowest BCUT2D eigenvalue weighted by Gasteiger charge is -2.40. The van der Waals surface area contributed by atoms with Gasteiger partial charge in [0.2, 0.25) is 0 Å². The predicted molar refractivity (Wildman–Crippen MR) is 80.3 cm³/mol. The summed E-state index contributed by atoms with van der Waals surface area (Å²) in [4.78, 5) is 10.8. The molecule has 1 amide bonds. The van der Waals surface area contributed by atoms with E-state index in [-0.39, 0.29) is 11.6 Å². The Labute approximate surface area is 122 Å². The molecule has 0 fully saturated rings. The Kier molecular flexibility index (Phi) is 7.72.